The van der Waals surface area contributed by atoms with Gasteiger partial charge in [0, 0.05) is 0 Å². The van der Waals surface area contributed by atoms with Crippen LogP contribution in [0.3, 0.4) is 0 Å². The zero-order chi connectivity index (χ0) is 19.3. The highest BCUT2D eigenvalue weighted by molar-refractivity contribution is 6.31. The van der Waals surface area contributed by atoms with Gasteiger partial charge < -0.3 is 15.2 Å². The van der Waals surface area contributed by atoms with Crippen molar-refractivity contribution in [2.45, 2.75) is 38.8 Å². The predicted octanol–water partition coefficient (Wildman–Crippen LogP) is 4.57. The van der Waals surface area contributed by atoms with Gasteiger partial charge in [-0.3, -0.25) is 0 Å². The average Bonchev–Trinajstić information content (AvgIpc) is 2.55. The molecule has 26 heavy (non-hydrogen) atoms. The molecule has 0 radical (unpaired) electrons. The molecule has 0 heterocycles. The summed E-state index contributed by atoms with van der Waals surface area (Å²) in [6, 6.07) is 11.7. The molecular weight excluding hydrogens is 357 g/mol. The first-order chi connectivity index (χ1) is 12.2. The van der Waals surface area contributed by atoms with Gasteiger partial charge in [0.15, 0.2) is 0 Å². The molecule has 1 atom stereocenters. The fourth-order valence-electron chi connectivity index (χ4n) is 2.43. The Morgan fingerprint density at radius 3 is 2.35 bits per heavy atom. The van der Waals surface area contributed by atoms with Gasteiger partial charge in [-0.2, -0.15) is 0 Å². The second-order valence-corrected chi connectivity index (χ2v) is 7.46. The van der Waals surface area contributed by atoms with E-state index < -0.39 is 23.6 Å². The van der Waals surface area contributed by atoms with Gasteiger partial charge in [0.1, 0.15) is 11.4 Å². The van der Waals surface area contributed by atoms with E-state index in [9.17, 15) is 14.3 Å². The third-order valence-corrected chi connectivity index (χ3v) is 3.92. The first kappa shape index (κ1) is 20.2. The van der Waals surface area contributed by atoms with Gasteiger partial charge in [-0.15, -0.1) is 0 Å². The normalized spacial score (nSPS) is 12.5. The first-order valence-electron chi connectivity index (χ1n) is 8.32. The Labute approximate surface area is 157 Å². The fourth-order valence-corrected chi connectivity index (χ4v) is 2.61. The van der Waals surface area contributed by atoms with Crippen molar-refractivity contribution in [2.24, 2.45) is 0 Å². The molecule has 1 amide bonds. The largest absolute Gasteiger partial charge is 0.444 e. The standard InChI is InChI=1S/C20H23ClFNO3/c1-20(2,3)26-19(25)23-16(12-24)10-13-4-6-14(7-5-13)15-8-9-18(22)17(21)11-15/h4-9,11,16,24H,10,12H2,1-3H3,(H,23,25). The third-order valence-electron chi connectivity index (χ3n) is 3.63. The maximum Gasteiger partial charge on any atom is 0.407 e. The molecule has 0 saturated heterocycles. The lowest BCUT2D eigenvalue weighted by molar-refractivity contribution is 0.0483. The molecule has 2 aromatic rings. The molecule has 2 rings (SSSR count). The molecule has 0 saturated carbocycles. The lowest BCUT2D eigenvalue weighted by atomic mass is 10.0. The lowest BCUT2D eigenvalue weighted by Gasteiger charge is -2.22. The number of rotatable bonds is 5. The van der Waals surface area contributed by atoms with Crippen molar-refractivity contribution in [3.05, 3.63) is 58.9 Å². The molecule has 0 spiro atoms. The average molecular weight is 380 g/mol. The van der Waals surface area contributed by atoms with E-state index >= 15 is 0 Å². The number of nitrogens with one attached hydrogen (secondary N) is 1. The number of alkyl carbamates (subject to hydrolysis) is 1. The minimum atomic E-state index is -0.595. The Hall–Kier alpha value is -2.11. The number of amides is 1. The van der Waals surface area contributed by atoms with Crippen LogP contribution < -0.4 is 5.32 Å². The second-order valence-electron chi connectivity index (χ2n) is 7.06. The Balaban J connectivity index is 2.02. The van der Waals surface area contributed by atoms with Crippen molar-refractivity contribution in [2.75, 3.05) is 6.61 Å². The number of benzene rings is 2. The molecule has 0 fully saturated rings. The van der Waals surface area contributed by atoms with Crippen molar-refractivity contribution in [3.8, 4) is 11.1 Å². The van der Waals surface area contributed by atoms with Crippen LogP contribution in [-0.2, 0) is 11.2 Å². The number of hydrogen-bond donors (Lipinski definition) is 2. The van der Waals surface area contributed by atoms with Gasteiger partial charge in [0.25, 0.3) is 0 Å². The monoisotopic (exact) mass is 379 g/mol. The Kier molecular flexibility index (Phi) is 6.62. The minimum absolute atomic E-state index is 0.0773. The molecule has 0 aliphatic heterocycles. The number of aliphatic hydroxyl groups excluding tert-OH is 1. The molecule has 2 N–H and O–H groups in total. The summed E-state index contributed by atoms with van der Waals surface area (Å²) < 4.78 is 18.5. The molecule has 140 valence electrons. The summed E-state index contributed by atoms with van der Waals surface area (Å²) in [5.41, 5.74) is 2.06. The van der Waals surface area contributed by atoms with Gasteiger partial charge in [0.2, 0.25) is 0 Å². The van der Waals surface area contributed by atoms with Crippen LogP contribution in [0.2, 0.25) is 5.02 Å². The first-order valence-corrected chi connectivity index (χ1v) is 8.70. The van der Waals surface area contributed by atoms with Crippen LogP contribution in [0.15, 0.2) is 42.5 Å². The molecule has 0 bridgehead atoms. The Bertz CT molecular complexity index is 757. The molecule has 6 heteroatoms. The van der Waals surface area contributed by atoms with Crippen molar-refractivity contribution in [3.63, 3.8) is 0 Å². The summed E-state index contributed by atoms with van der Waals surface area (Å²) in [4.78, 5) is 11.8. The van der Waals surface area contributed by atoms with Crippen molar-refractivity contribution in [1.82, 2.24) is 5.32 Å². The minimum Gasteiger partial charge on any atom is -0.444 e. The molecule has 2 aromatic carbocycles. The quantitative estimate of drug-likeness (QED) is 0.799. The van der Waals surface area contributed by atoms with Gasteiger partial charge in [-0.05, 0) is 56.0 Å². The third kappa shape index (κ3) is 6.00. The highest BCUT2D eigenvalue weighted by Crippen LogP contribution is 2.25. The highest BCUT2D eigenvalue weighted by atomic mass is 35.5. The van der Waals surface area contributed by atoms with Crippen molar-refractivity contribution < 1.29 is 19.0 Å². The summed E-state index contributed by atoms with van der Waals surface area (Å²) in [5, 5.41) is 12.2. The van der Waals surface area contributed by atoms with E-state index in [0.29, 0.717) is 6.42 Å². The number of ether oxygens (including phenoxy) is 1. The predicted molar refractivity (Wildman–Crippen MR) is 101 cm³/mol. The summed E-state index contributed by atoms with van der Waals surface area (Å²) >= 11 is 5.82. The number of carbonyl (C=O) groups excluding carboxylic acids is 1. The van der Waals surface area contributed by atoms with E-state index in [4.69, 9.17) is 16.3 Å². The van der Waals surface area contributed by atoms with Gasteiger partial charge in [0.05, 0.1) is 17.7 Å². The summed E-state index contributed by atoms with van der Waals surface area (Å²) in [5.74, 6) is -0.453. The second kappa shape index (κ2) is 8.52. The number of aliphatic hydroxyl groups is 1. The van der Waals surface area contributed by atoms with Crippen molar-refractivity contribution in [1.29, 1.82) is 0 Å². The lowest BCUT2D eigenvalue weighted by Crippen LogP contribution is -2.42. The smallest absolute Gasteiger partial charge is 0.407 e. The zero-order valence-electron chi connectivity index (χ0n) is 15.1. The Morgan fingerprint density at radius 2 is 1.81 bits per heavy atom. The Morgan fingerprint density at radius 1 is 1.19 bits per heavy atom. The van der Waals surface area contributed by atoms with Crippen LogP contribution in [0.5, 0.6) is 0 Å². The van der Waals surface area contributed by atoms with E-state index in [2.05, 4.69) is 5.32 Å². The number of hydrogen-bond acceptors (Lipinski definition) is 3. The van der Waals surface area contributed by atoms with Crippen LogP contribution in [0, 0.1) is 5.82 Å². The molecule has 0 aliphatic rings. The topological polar surface area (TPSA) is 58.6 Å². The van der Waals surface area contributed by atoms with Crippen LogP contribution in [0.4, 0.5) is 9.18 Å². The summed E-state index contributed by atoms with van der Waals surface area (Å²) in [6.07, 6.45) is -0.102. The van der Waals surface area contributed by atoms with Crippen molar-refractivity contribution >= 4 is 17.7 Å². The fraction of sp³-hybridized carbons (Fsp3) is 0.350. The maximum atomic E-state index is 13.3. The van der Waals surface area contributed by atoms with Crippen LogP contribution >= 0.6 is 11.6 Å². The summed E-state index contributed by atoms with van der Waals surface area (Å²) in [7, 11) is 0. The molecule has 4 nitrogen and oxygen atoms in total. The highest BCUT2D eigenvalue weighted by Gasteiger charge is 2.19. The number of halogens is 2. The van der Waals surface area contributed by atoms with Gasteiger partial charge >= 0.3 is 6.09 Å². The van der Waals surface area contributed by atoms with E-state index in [0.717, 1.165) is 16.7 Å². The SMILES string of the molecule is CC(C)(C)OC(=O)NC(CO)Cc1ccc(-c2ccc(F)c(Cl)c2)cc1. The van der Waals surface area contributed by atoms with E-state index in [-0.39, 0.29) is 11.6 Å². The van der Waals surface area contributed by atoms with E-state index in [1.54, 1.807) is 32.9 Å². The van der Waals surface area contributed by atoms with Crippen LogP contribution in [0.25, 0.3) is 11.1 Å². The van der Waals surface area contributed by atoms with Crippen LogP contribution in [0.1, 0.15) is 26.3 Å². The number of carbonyl (C=O) groups is 1. The maximum absolute atomic E-state index is 13.3. The molecule has 0 aromatic heterocycles. The van der Waals surface area contributed by atoms with E-state index in [1.165, 1.54) is 6.07 Å². The summed E-state index contributed by atoms with van der Waals surface area (Å²) in [6.45, 7) is 5.14. The van der Waals surface area contributed by atoms with Gasteiger partial charge in [-0.1, -0.05) is 41.9 Å². The zero-order valence-corrected chi connectivity index (χ0v) is 15.8. The van der Waals surface area contributed by atoms with E-state index in [1.807, 2.05) is 24.3 Å². The molecule has 1 unspecified atom stereocenters. The van der Waals surface area contributed by atoms with Gasteiger partial charge in [-0.25, -0.2) is 9.18 Å². The van der Waals surface area contributed by atoms with Crippen LogP contribution in [-0.4, -0.2) is 29.4 Å². The molecular formula is C20H23ClFNO3. The molecule has 0 aliphatic carbocycles.